The summed E-state index contributed by atoms with van der Waals surface area (Å²) in [4.78, 5) is 0. The molecule has 0 atom stereocenters. The van der Waals surface area contributed by atoms with Gasteiger partial charge in [0, 0.05) is 7.11 Å². The fourth-order valence-corrected chi connectivity index (χ4v) is 6.27. The first-order valence-electron chi connectivity index (χ1n) is 4.96. The first kappa shape index (κ1) is 13.4. The van der Waals surface area contributed by atoms with Gasteiger partial charge in [-0.3, -0.25) is 0 Å². The smallest absolute Gasteiger partial charge is 0.400 e. The fourth-order valence-electron chi connectivity index (χ4n) is 1.47. The van der Waals surface area contributed by atoms with Gasteiger partial charge in [0.1, 0.15) is 0 Å². The van der Waals surface area contributed by atoms with Crippen molar-refractivity contribution in [2.45, 2.75) is 27.7 Å². The number of rotatable bonds is 6. The first-order valence-corrected chi connectivity index (χ1v) is 8.11. The lowest BCUT2D eigenvalue weighted by molar-refractivity contribution is 0.443. The third-order valence-corrected chi connectivity index (χ3v) is 8.20. The van der Waals surface area contributed by atoms with E-state index >= 15 is 0 Å². The van der Waals surface area contributed by atoms with Gasteiger partial charge in [-0.05, 0) is 31.5 Å². The Morgan fingerprint density at radius 3 is 2.15 bits per heavy atom. The highest BCUT2D eigenvalue weighted by Gasteiger charge is 2.16. The summed E-state index contributed by atoms with van der Waals surface area (Å²) < 4.78 is 9.84. The maximum absolute atomic E-state index is 5.07. The molecule has 0 aliphatic rings. The lowest BCUT2D eigenvalue weighted by Gasteiger charge is -2.23. The van der Waals surface area contributed by atoms with Gasteiger partial charge in [-0.25, -0.2) is 0 Å². The van der Waals surface area contributed by atoms with Gasteiger partial charge in [-0.1, -0.05) is 27.7 Å². The highest BCUT2D eigenvalue weighted by molar-refractivity contribution is 7.66. The van der Waals surface area contributed by atoms with Crippen LogP contribution in [0.1, 0.15) is 27.7 Å². The van der Waals surface area contributed by atoms with E-state index in [1.54, 1.807) is 7.11 Å². The monoisotopic (exact) mass is 219 g/mol. The zero-order chi connectivity index (χ0) is 10.3. The van der Waals surface area contributed by atoms with Gasteiger partial charge >= 0.3 is 9.92 Å². The largest absolute Gasteiger partial charge is 0.401 e. The van der Waals surface area contributed by atoms with E-state index in [2.05, 4.69) is 27.7 Å². The second kappa shape index (κ2) is 6.80. The van der Waals surface area contributed by atoms with E-state index in [0.717, 1.165) is 5.92 Å². The lowest BCUT2D eigenvalue weighted by atomic mass is 10.3. The summed E-state index contributed by atoms with van der Waals surface area (Å²) in [6, 6.07) is 0. The summed E-state index contributed by atoms with van der Waals surface area (Å²) >= 11 is 0. The minimum absolute atomic E-state index is 0.354. The highest BCUT2D eigenvalue weighted by atomic mass is 31.2. The van der Waals surface area contributed by atoms with Crippen LogP contribution in [0.5, 0.6) is 0 Å². The van der Waals surface area contributed by atoms with Gasteiger partial charge in [0.2, 0.25) is 0 Å². The van der Waals surface area contributed by atoms with Crippen LogP contribution in [0.25, 0.3) is 0 Å². The maximum Gasteiger partial charge on any atom is 0.401 e. The molecule has 0 spiro atoms. The third-order valence-electron chi connectivity index (χ3n) is 2.23. The summed E-state index contributed by atoms with van der Waals surface area (Å²) in [6.45, 7) is 9.10. The van der Waals surface area contributed by atoms with Crippen molar-refractivity contribution in [1.82, 2.24) is 0 Å². The minimum Gasteiger partial charge on any atom is -0.400 e. The maximum atomic E-state index is 5.07. The Morgan fingerprint density at radius 2 is 1.85 bits per heavy atom. The van der Waals surface area contributed by atoms with Gasteiger partial charge in [-0.2, -0.15) is 0 Å². The van der Waals surface area contributed by atoms with Crippen molar-refractivity contribution in [2.24, 2.45) is 10.3 Å². The van der Waals surface area contributed by atoms with Crippen LogP contribution < -0.4 is 0 Å². The molecule has 4 heteroatoms. The van der Waals surface area contributed by atoms with Crippen LogP contribution in [0.4, 0.5) is 0 Å². The molecule has 0 saturated heterocycles. The topological polar surface area (TPSA) is 21.6 Å². The van der Waals surface area contributed by atoms with E-state index in [1.807, 2.05) is 0 Å². The zero-order valence-electron chi connectivity index (χ0n) is 9.50. The lowest BCUT2D eigenvalue weighted by Crippen LogP contribution is -2.04. The molecule has 78 valence electrons. The third kappa shape index (κ3) is 4.99. The molecule has 0 aromatic carbocycles. The van der Waals surface area contributed by atoms with E-state index in [1.165, 1.54) is 18.5 Å². The predicted molar refractivity (Wildman–Crippen MR) is 62.9 cm³/mol. The Balaban J connectivity index is 4.48. The molecule has 0 rings (SSSR count). The van der Waals surface area contributed by atoms with Crippen LogP contribution in [0, 0.1) is 5.92 Å². The van der Waals surface area contributed by atoms with Gasteiger partial charge in [0.25, 0.3) is 0 Å². The van der Waals surface area contributed by atoms with E-state index in [4.69, 9.17) is 8.84 Å². The average Bonchev–Trinajstić information content (AvgIpc) is 2.12. The summed E-state index contributed by atoms with van der Waals surface area (Å²) in [7, 11) is 1.07. The van der Waals surface area contributed by atoms with Crippen LogP contribution in [0.15, 0.2) is 4.41 Å². The van der Waals surface area contributed by atoms with Crippen molar-refractivity contribution in [3.05, 3.63) is 0 Å². The summed E-state index contributed by atoms with van der Waals surface area (Å²) in [5, 5.41) is 0. The number of hydrogen-bond acceptors (Lipinski definition) is 2. The molecule has 0 saturated carbocycles. The molecule has 0 bridgehead atoms. The van der Waals surface area contributed by atoms with Crippen molar-refractivity contribution in [1.29, 1.82) is 0 Å². The number of nitrogens with zero attached hydrogens (tertiary/aromatic N) is 1. The molecular formula is C9H22NOPSi. The molecule has 0 amide bonds. The molecule has 0 aliphatic heterocycles. The molecule has 13 heavy (non-hydrogen) atoms. The Kier molecular flexibility index (Phi) is 7.01. The van der Waals surface area contributed by atoms with Crippen LogP contribution in [0.3, 0.4) is 0 Å². The van der Waals surface area contributed by atoms with Gasteiger partial charge in [-0.15, -0.1) is 0 Å². The Bertz CT molecular complexity index is 174. The van der Waals surface area contributed by atoms with Crippen molar-refractivity contribution in [3.63, 3.8) is 0 Å². The van der Waals surface area contributed by atoms with Crippen molar-refractivity contribution in [3.8, 4) is 0 Å². The molecule has 0 aromatic rings. The van der Waals surface area contributed by atoms with Gasteiger partial charge in [0.15, 0.2) is 0 Å². The van der Waals surface area contributed by atoms with Gasteiger partial charge < -0.3 is 8.84 Å². The van der Waals surface area contributed by atoms with Crippen LogP contribution in [0.2, 0.25) is 0 Å². The molecule has 0 aromatic heterocycles. The van der Waals surface area contributed by atoms with Crippen LogP contribution >= 0.6 is 7.05 Å². The fraction of sp³-hybridized carbons (Fsp3) is 1.00. The molecule has 2 radical (unpaired) electrons. The summed E-state index contributed by atoms with van der Waals surface area (Å²) in [5.41, 5.74) is 0. The Morgan fingerprint density at radius 1 is 1.31 bits per heavy atom. The molecule has 0 N–H and O–H groups in total. The Hall–Kier alpha value is 0.407. The van der Waals surface area contributed by atoms with E-state index in [0.29, 0.717) is 9.92 Å². The van der Waals surface area contributed by atoms with E-state index in [9.17, 15) is 0 Å². The minimum atomic E-state index is -1.02. The quantitative estimate of drug-likeness (QED) is 0.497. The summed E-state index contributed by atoms with van der Waals surface area (Å²) in [6.07, 6.45) is 3.76. The SMILES string of the molecule is CCP(CC)(CC(C)C)=N[Si]OC. The van der Waals surface area contributed by atoms with Crippen molar-refractivity contribution < 1.29 is 4.43 Å². The van der Waals surface area contributed by atoms with Gasteiger partial charge in [0.05, 0.1) is 0 Å². The molecule has 0 fully saturated rings. The molecule has 0 unspecified atom stereocenters. The van der Waals surface area contributed by atoms with Crippen LogP contribution in [-0.2, 0) is 4.43 Å². The standard InChI is InChI=1S/C9H22NOPSi/c1-6-12(7-2,8-9(3)4)10-13-11-5/h9H,6-8H2,1-5H3. The molecule has 2 nitrogen and oxygen atoms in total. The Labute approximate surface area is 85.5 Å². The predicted octanol–water partition coefficient (Wildman–Crippen LogP) is 3.06. The molecule has 0 heterocycles. The second-order valence-corrected chi connectivity index (χ2v) is 8.91. The van der Waals surface area contributed by atoms with E-state index < -0.39 is 7.05 Å². The summed E-state index contributed by atoms with van der Waals surface area (Å²) in [5.74, 6) is 0.763. The second-order valence-electron chi connectivity index (χ2n) is 3.70. The average molecular weight is 219 g/mol. The van der Waals surface area contributed by atoms with Crippen molar-refractivity contribution in [2.75, 3.05) is 25.6 Å². The van der Waals surface area contributed by atoms with E-state index in [-0.39, 0.29) is 0 Å². The van der Waals surface area contributed by atoms with Crippen molar-refractivity contribution >= 4 is 17.0 Å². The zero-order valence-corrected chi connectivity index (χ0v) is 11.4. The molecular weight excluding hydrogens is 197 g/mol. The normalized spacial score (nSPS) is 12.2. The molecule has 0 aliphatic carbocycles. The first-order chi connectivity index (χ1) is 6.10. The highest BCUT2D eigenvalue weighted by Crippen LogP contribution is 2.49. The van der Waals surface area contributed by atoms with Crippen LogP contribution in [-0.4, -0.2) is 35.5 Å². The number of hydrogen-bond donors (Lipinski definition) is 0.